The zero-order valence-electron chi connectivity index (χ0n) is 33.4. The number of carboxylic acids is 1. The minimum atomic E-state index is -4.71. The van der Waals surface area contributed by atoms with E-state index in [0.29, 0.717) is 12.8 Å². The second kappa shape index (κ2) is 36.9. The van der Waals surface area contributed by atoms with E-state index in [2.05, 4.69) is 42.7 Å². The number of rotatable bonds is 39. The fraction of sp³-hybridized carbons (Fsp3) is 0.829. The largest absolute Gasteiger partial charge is 0.480 e. The van der Waals surface area contributed by atoms with Crippen molar-refractivity contribution in [3.8, 4) is 0 Å². The van der Waals surface area contributed by atoms with E-state index in [-0.39, 0.29) is 19.4 Å². The van der Waals surface area contributed by atoms with Crippen LogP contribution < -0.4 is 5.73 Å². The summed E-state index contributed by atoms with van der Waals surface area (Å²) in [5, 5.41) is 8.87. The molecule has 0 aliphatic rings. The van der Waals surface area contributed by atoms with Gasteiger partial charge in [-0.25, -0.2) is 4.57 Å². The van der Waals surface area contributed by atoms with Gasteiger partial charge in [0.2, 0.25) is 0 Å². The summed E-state index contributed by atoms with van der Waals surface area (Å²) < 4.78 is 32.6. The number of ether oxygens (including phenoxy) is 2. The molecule has 0 radical (unpaired) electrons. The highest BCUT2D eigenvalue weighted by molar-refractivity contribution is 7.47. The first-order valence-electron chi connectivity index (χ1n) is 20.9. The van der Waals surface area contributed by atoms with Crippen LogP contribution in [0.2, 0.25) is 0 Å². The minimum absolute atomic E-state index is 0.156. The highest BCUT2D eigenvalue weighted by atomic mass is 31.2. The number of phosphoric acid groups is 1. The van der Waals surface area contributed by atoms with E-state index in [1.54, 1.807) is 0 Å². The maximum atomic E-state index is 12.6. The molecule has 12 heteroatoms. The normalized spacial score (nSPS) is 14.0. The fourth-order valence-electron chi connectivity index (χ4n) is 5.58. The molecule has 4 N–H and O–H groups in total. The van der Waals surface area contributed by atoms with Gasteiger partial charge in [0.25, 0.3) is 0 Å². The highest BCUT2D eigenvalue weighted by Gasteiger charge is 2.28. The van der Waals surface area contributed by atoms with Crippen LogP contribution in [0, 0.1) is 0 Å². The monoisotopic (exact) mass is 774 g/mol. The number of carbonyl (C=O) groups excluding carboxylic acids is 2. The first kappa shape index (κ1) is 51.0. The van der Waals surface area contributed by atoms with Gasteiger partial charge in [0, 0.05) is 12.8 Å². The molecule has 0 saturated carbocycles. The Morgan fingerprint density at radius 3 is 1.42 bits per heavy atom. The number of hydrogen-bond acceptors (Lipinski definition) is 9. The first-order chi connectivity index (χ1) is 25.6. The Morgan fingerprint density at radius 1 is 0.566 bits per heavy atom. The average Bonchev–Trinajstić information content (AvgIpc) is 3.13. The van der Waals surface area contributed by atoms with Crippen molar-refractivity contribution in [2.45, 2.75) is 199 Å². The van der Waals surface area contributed by atoms with Crippen LogP contribution in [0.25, 0.3) is 0 Å². The first-order valence-corrected chi connectivity index (χ1v) is 22.4. The number of carboxylic acid groups (broad SMARTS) is 1. The van der Waals surface area contributed by atoms with Crippen LogP contribution in [-0.4, -0.2) is 59.9 Å². The van der Waals surface area contributed by atoms with E-state index < -0.39 is 51.1 Å². The molecule has 0 aliphatic heterocycles. The quantitative estimate of drug-likeness (QED) is 0.0235. The Balaban J connectivity index is 4.38. The molecule has 310 valence electrons. The van der Waals surface area contributed by atoms with Gasteiger partial charge in [-0.15, -0.1) is 0 Å². The molecular weight excluding hydrogens is 697 g/mol. The third-order valence-corrected chi connectivity index (χ3v) is 9.87. The summed E-state index contributed by atoms with van der Waals surface area (Å²) in [5.74, 6) is -2.39. The van der Waals surface area contributed by atoms with Crippen molar-refractivity contribution in [3.05, 3.63) is 24.3 Å². The molecule has 11 nitrogen and oxygen atoms in total. The number of phosphoric ester groups is 1. The number of hydrogen-bond donors (Lipinski definition) is 3. The summed E-state index contributed by atoms with van der Waals surface area (Å²) in [6, 6.07) is -1.52. The fourth-order valence-corrected chi connectivity index (χ4v) is 6.36. The summed E-state index contributed by atoms with van der Waals surface area (Å²) in [6.45, 7) is 2.76. The Bertz CT molecular complexity index is 1010. The molecule has 0 amide bonds. The van der Waals surface area contributed by atoms with Crippen LogP contribution in [0.1, 0.15) is 187 Å². The van der Waals surface area contributed by atoms with E-state index in [4.69, 9.17) is 24.8 Å². The van der Waals surface area contributed by atoms with Crippen molar-refractivity contribution < 1.29 is 47.5 Å². The van der Waals surface area contributed by atoms with Crippen molar-refractivity contribution in [3.63, 3.8) is 0 Å². The maximum Gasteiger partial charge on any atom is 0.472 e. The lowest BCUT2D eigenvalue weighted by Gasteiger charge is -2.20. The summed E-state index contributed by atoms with van der Waals surface area (Å²) in [5.41, 5.74) is 5.32. The maximum absolute atomic E-state index is 12.6. The molecular formula is C41H76NO10P. The van der Waals surface area contributed by atoms with Gasteiger partial charge in [0.05, 0.1) is 13.2 Å². The van der Waals surface area contributed by atoms with Gasteiger partial charge < -0.3 is 25.2 Å². The molecule has 53 heavy (non-hydrogen) atoms. The molecule has 0 bridgehead atoms. The molecule has 0 aromatic carbocycles. The van der Waals surface area contributed by atoms with Crippen LogP contribution in [0.5, 0.6) is 0 Å². The van der Waals surface area contributed by atoms with Gasteiger partial charge in [-0.05, 0) is 64.2 Å². The van der Waals surface area contributed by atoms with Gasteiger partial charge in [0.1, 0.15) is 12.6 Å². The lowest BCUT2D eigenvalue weighted by Crippen LogP contribution is -2.34. The number of aliphatic carboxylic acids is 1. The van der Waals surface area contributed by atoms with Crippen molar-refractivity contribution in [2.24, 2.45) is 5.73 Å². The number of allylic oxidation sites excluding steroid dienone is 4. The van der Waals surface area contributed by atoms with Gasteiger partial charge in [0.15, 0.2) is 6.10 Å². The van der Waals surface area contributed by atoms with Gasteiger partial charge in [-0.1, -0.05) is 134 Å². The van der Waals surface area contributed by atoms with E-state index in [0.717, 1.165) is 70.6 Å². The van der Waals surface area contributed by atoms with Crippen LogP contribution in [0.4, 0.5) is 0 Å². The molecule has 0 rings (SSSR count). The Hall–Kier alpha value is -2.04. The molecule has 0 saturated heterocycles. The van der Waals surface area contributed by atoms with Crippen molar-refractivity contribution in [2.75, 3.05) is 19.8 Å². The van der Waals surface area contributed by atoms with Gasteiger partial charge in [-0.2, -0.15) is 0 Å². The minimum Gasteiger partial charge on any atom is -0.480 e. The lowest BCUT2D eigenvalue weighted by molar-refractivity contribution is -0.161. The number of unbranched alkanes of at least 4 members (excludes halogenated alkanes) is 21. The SMILES string of the molecule is CCCCC/C=C/CCCCCCCC(=O)OC[C@H](COP(=O)(O)OC[C@H](N)C(=O)O)OC(=O)CCCCCCCCC/C=C/CCCCCCCC. The van der Waals surface area contributed by atoms with Crippen molar-refractivity contribution in [1.29, 1.82) is 0 Å². The second-order valence-corrected chi connectivity index (χ2v) is 15.6. The molecule has 0 aromatic rings. The van der Waals surface area contributed by atoms with Crippen LogP contribution in [0.15, 0.2) is 24.3 Å². The zero-order chi connectivity index (χ0) is 39.3. The van der Waals surface area contributed by atoms with Crippen LogP contribution in [0.3, 0.4) is 0 Å². The molecule has 0 fully saturated rings. The van der Waals surface area contributed by atoms with E-state index in [1.807, 2.05) is 0 Å². The van der Waals surface area contributed by atoms with Crippen LogP contribution in [-0.2, 0) is 37.5 Å². The number of carbonyl (C=O) groups is 3. The topological polar surface area (TPSA) is 172 Å². The second-order valence-electron chi connectivity index (χ2n) is 14.1. The third kappa shape index (κ3) is 36.7. The molecule has 0 aliphatic carbocycles. The predicted molar refractivity (Wildman–Crippen MR) is 212 cm³/mol. The summed E-state index contributed by atoms with van der Waals surface area (Å²) >= 11 is 0. The standard InChI is InChI=1S/C41H76NO10P/c1-3-5-7-9-11-13-15-17-18-19-20-21-23-25-27-29-31-33-40(44)52-37(35-50-53(47,48)51-36-38(42)41(45)46)34-49-39(43)32-30-28-26-24-22-16-14-12-10-8-6-4-2/h12,14,17-18,37-38H,3-11,13,15-16,19-36,42H2,1-2H3,(H,45,46)(H,47,48)/b14-12+,18-17+/t37-,38+/m1/s1. The summed E-state index contributed by atoms with van der Waals surface area (Å²) in [4.78, 5) is 45.8. The lowest BCUT2D eigenvalue weighted by atomic mass is 10.1. The zero-order valence-corrected chi connectivity index (χ0v) is 34.3. The predicted octanol–water partition coefficient (Wildman–Crippen LogP) is 10.7. The Kier molecular flexibility index (Phi) is 35.5. The smallest absolute Gasteiger partial charge is 0.472 e. The Morgan fingerprint density at radius 2 is 0.943 bits per heavy atom. The highest BCUT2D eigenvalue weighted by Crippen LogP contribution is 2.43. The summed E-state index contributed by atoms with van der Waals surface area (Å²) in [6.07, 6.45) is 36.7. The number of esters is 2. The molecule has 0 aromatic heterocycles. The van der Waals surface area contributed by atoms with Gasteiger partial charge in [-0.3, -0.25) is 23.4 Å². The van der Waals surface area contributed by atoms with Crippen molar-refractivity contribution in [1.82, 2.24) is 0 Å². The van der Waals surface area contributed by atoms with Gasteiger partial charge >= 0.3 is 25.7 Å². The van der Waals surface area contributed by atoms with Crippen molar-refractivity contribution >= 4 is 25.7 Å². The molecule has 3 atom stereocenters. The molecule has 0 heterocycles. The molecule has 1 unspecified atom stereocenters. The van der Waals surface area contributed by atoms with E-state index >= 15 is 0 Å². The molecule has 0 spiro atoms. The number of nitrogens with two attached hydrogens (primary N) is 1. The third-order valence-electron chi connectivity index (χ3n) is 8.92. The van der Waals surface area contributed by atoms with E-state index in [9.17, 15) is 23.8 Å². The van der Waals surface area contributed by atoms with E-state index in [1.165, 1.54) is 77.0 Å². The average molecular weight is 774 g/mol. The summed E-state index contributed by atoms with van der Waals surface area (Å²) in [7, 11) is -4.71. The Labute approximate surface area is 321 Å². The van der Waals surface area contributed by atoms with Crippen LogP contribution >= 0.6 is 7.82 Å².